The maximum atomic E-state index is 13.2. The summed E-state index contributed by atoms with van der Waals surface area (Å²) in [7, 11) is 0. The highest BCUT2D eigenvalue weighted by Gasteiger charge is 2.25. The van der Waals surface area contributed by atoms with Gasteiger partial charge in [0, 0.05) is 24.4 Å². The number of furan rings is 1. The normalized spacial score (nSPS) is 14.5. The highest BCUT2D eigenvalue weighted by atomic mass is 16.5. The van der Waals surface area contributed by atoms with Crippen LogP contribution in [0.25, 0.3) is 22.4 Å². The van der Waals surface area contributed by atoms with Crippen LogP contribution in [0.2, 0.25) is 0 Å². The summed E-state index contributed by atoms with van der Waals surface area (Å²) in [5.41, 5.74) is 3.56. The fourth-order valence-corrected chi connectivity index (χ4v) is 5.51. The molecular weight excluding hydrogens is 538 g/mol. The standard InChI is InChI=1S/C32H35N3O7/c36-29(37)8-4-5-16-42-25-12-9-21(10-13-25)18-27(32(39)40)34-31(38)22-11-14-28-26(19-22)33-30(23-15-17-41-20-23)35(28)24-6-2-1-3-7-24/h9-15,17,19-20,24,27H,1-8,16,18H2,(H,34,38)(H,36,37)(H,39,40)/t27-/m0/s1. The number of carbonyl (C=O) groups excluding carboxylic acids is 1. The molecule has 1 atom stereocenters. The van der Waals surface area contributed by atoms with Gasteiger partial charge in [0.1, 0.15) is 23.9 Å². The largest absolute Gasteiger partial charge is 0.494 e. The van der Waals surface area contributed by atoms with Gasteiger partial charge in [0.15, 0.2) is 0 Å². The molecule has 0 saturated heterocycles. The van der Waals surface area contributed by atoms with Crippen molar-refractivity contribution in [3.05, 3.63) is 72.2 Å². The lowest BCUT2D eigenvalue weighted by Crippen LogP contribution is -2.42. The van der Waals surface area contributed by atoms with E-state index in [-0.39, 0.29) is 12.8 Å². The molecule has 1 saturated carbocycles. The first-order valence-electron chi connectivity index (χ1n) is 14.4. The SMILES string of the molecule is O=C(O)CCCCOc1ccc(C[C@H](NC(=O)c2ccc3c(c2)nc(-c2ccoc2)n3C2CCCCC2)C(=O)O)cc1. The molecule has 1 aliphatic rings. The first-order valence-corrected chi connectivity index (χ1v) is 14.4. The Morgan fingerprint density at radius 3 is 2.50 bits per heavy atom. The molecule has 1 amide bonds. The van der Waals surface area contributed by atoms with Crippen LogP contribution in [-0.2, 0) is 16.0 Å². The Kier molecular flexibility index (Phi) is 9.21. The lowest BCUT2D eigenvalue weighted by molar-refractivity contribution is -0.139. The van der Waals surface area contributed by atoms with Crippen LogP contribution in [0.4, 0.5) is 0 Å². The molecule has 5 rings (SSSR count). The number of carboxylic acid groups (broad SMARTS) is 2. The Morgan fingerprint density at radius 1 is 1.02 bits per heavy atom. The fourth-order valence-electron chi connectivity index (χ4n) is 5.51. The van der Waals surface area contributed by atoms with Gasteiger partial charge in [-0.05, 0) is 67.6 Å². The van der Waals surface area contributed by atoms with Crippen LogP contribution in [0.5, 0.6) is 5.75 Å². The third-order valence-corrected chi connectivity index (χ3v) is 7.69. The molecule has 0 bridgehead atoms. The minimum atomic E-state index is -1.13. The number of aromatic nitrogens is 2. The molecule has 1 aliphatic carbocycles. The molecule has 3 N–H and O–H groups in total. The lowest BCUT2D eigenvalue weighted by Gasteiger charge is -2.25. The number of hydrogen-bond acceptors (Lipinski definition) is 6. The maximum Gasteiger partial charge on any atom is 0.326 e. The van der Waals surface area contributed by atoms with E-state index in [1.54, 1.807) is 48.9 Å². The molecule has 0 spiro atoms. The summed E-state index contributed by atoms with van der Waals surface area (Å²) in [5.74, 6) is -1.03. The predicted molar refractivity (Wildman–Crippen MR) is 156 cm³/mol. The minimum Gasteiger partial charge on any atom is -0.494 e. The van der Waals surface area contributed by atoms with Crippen molar-refractivity contribution < 1.29 is 33.8 Å². The molecule has 220 valence electrons. The number of imidazole rings is 1. The van der Waals surface area contributed by atoms with Gasteiger partial charge in [0.05, 0.1) is 29.5 Å². The molecule has 42 heavy (non-hydrogen) atoms. The van der Waals surface area contributed by atoms with E-state index in [1.165, 1.54) is 6.42 Å². The Morgan fingerprint density at radius 2 is 1.81 bits per heavy atom. The number of nitrogens with zero attached hydrogens (tertiary/aromatic N) is 2. The van der Waals surface area contributed by atoms with Crippen LogP contribution in [0.15, 0.2) is 65.5 Å². The van der Waals surface area contributed by atoms with Gasteiger partial charge in [0.2, 0.25) is 0 Å². The number of hydrogen-bond donors (Lipinski definition) is 3. The second kappa shape index (κ2) is 13.4. The van der Waals surface area contributed by atoms with Crippen molar-refractivity contribution in [2.24, 2.45) is 0 Å². The first-order chi connectivity index (χ1) is 20.4. The summed E-state index contributed by atoms with van der Waals surface area (Å²) in [6, 6.07) is 13.4. The van der Waals surface area contributed by atoms with E-state index >= 15 is 0 Å². The van der Waals surface area contributed by atoms with Crippen LogP contribution in [0, 0.1) is 0 Å². The number of fused-ring (bicyclic) bond motifs is 1. The third kappa shape index (κ3) is 6.99. The number of ether oxygens (including phenoxy) is 1. The summed E-state index contributed by atoms with van der Waals surface area (Å²) in [4.78, 5) is 40.7. The molecule has 2 aromatic carbocycles. The molecule has 1 fully saturated rings. The zero-order chi connectivity index (χ0) is 29.5. The van der Waals surface area contributed by atoms with E-state index in [2.05, 4.69) is 9.88 Å². The van der Waals surface area contributed by atoms with E-state index in [9.17, 15) is 19.5 Å². The van der Waals surface area contributed by atoms with Gasteiger partial charge in [-0.3, -0.25) is 9.59 Å². The zero-order valence-corrected chi connectivity index (χ0v) is 23.3. The predicted octanol–water partition coefficient (Wildman–Crippen LogP) is 5.86. The number of amides is 1. The van der Waals surface area contributed by atoms with Gasteiger partial charge in [-0.2, -0.15) is 0 Å². The third-order valence-electron chi connectivity index (χ3n) is 7.69. The van der Waals surface area contributed by atoms with Crippen LogP contribution in [0.3, 0.4) is 0 Å². The molecule has 4 aromatic rings. The number of benzene rings is 2. The topological polar surface area (TPSA) is 144 Å². The molecule has 10 nitrogen and oxygen atoms in total. The van der Waals surface area contributed by atoms with Crippen molar-refractivity contribution in [3.8, 4) is 17.1 Å². The summed E-state index contributed by atoms with van der Waals surface area (Å²) < 4.78 is 13.2. The second-order valence-corrected chi connectivity index (χ2v) is 10.7. The van der Waals surface area contributed by atoms with E-state index in [0.717, 1.165) is 48.2 Å². The highest BCUT2D eigenvalue weighted by Crippen LogP contribution is 2.36. The van der Waals surface area contributed by atoms with Gasteiger partial charge in [-0.15, -0.1) is 0 Å². The smallest absolute Gasteiger partial charge is 0.326 e. The van der Waals surface area contributed by atoms with E-state index in [1.807, 2.05) is 12.1 Å². The van der Waals surface area contributed by atoms with Gasteiger partial charge in [-0.1, -0.05) is 31.4 Å². The van der Waals surface area contributed by atoms with E-state index < -0.39 is 23.9 Å². The fraction of sp³-hybridized carbons (Fsp3) is 0.375. The monoisotopic (exact) mass is 573 g/mol. The Labute approximate surface area is 243 Å². The Bertz CT molecular complexity index is 1520. The van der Waals surface area contributed by atoms with Crippen molar-refractivity contribution in [3.63, 3.8) is 0 Å². The number of unbranched alkanes of at least 4 members (excludes halogenated alkanes) is 1. The summed E-state index contributed by atoms with van der Waals surface area (Å²) >= 11 is 0. The van der Waals surface area contributed by atoms with Gasteiger partial charge >= 0.3 is 11.9 Å². The second-order valence-electron chi connectivity index (χ2n) is 10.7. The molecular formula is C32H35N3O7. The molecule has 0 aliphatic heterocycles. The zero-order valence-electron chi connectivity index (χ0n) is 23.3. The van der Waals surface area contributed by atoms with Crippen LogP contribution in [-0.4, -0.2) is 50.3 Å². The first kappa shape index (κ1) is 28.9. The lowest BCUT2D eigenvalue weighted by atomic mass is 9.95. The molecule has 0 radical (unpaired) electrons. The van der Waals surface area contributed by atoms with Crippen molar-refractivity contribution in [2.45, 2.75) is 69.9 Å². The number of carbonyl (C=O) groups is 3. The van der Waals surface area contributed by atoms with Gasteiger partial charge < -0.3 is 29.3 Å². The number of nitrogens with one attached hydrogen (secondary N) is 1. The van der Waals surface area contributed by atoms with Gasteiger partial charge in [-0.25, -0.2) is 9.78 Å². The van der Waals surface area contributed by atoms with E-state index in [0.29, 0.717) is 42.3 Å². The van der Waals surface area contributed by atoms with E-state index in [4.69, 9.17) is 19.2 Å². The van der Waals surface area contributed by atoms with Gasteiger partial charge in [0.25, 0.3) is 5.91 Å². The molecule has 10 heteroatoms. The molecule has 2 aromatic heterocycles. The minimum absolute atomic E-state index is 0.100. The van der Waals surface area contributed by atoms with Crippen LogP contribution >= 0.6 is 0 Å². The Balaban J connectivity index is 1.27. The van der Waals surface area contributed by atoms with Crippen LogP contribution in [0.1, 0.15) is 73.3 Å². The summed E-state index contributed by atoms with van der Waals surface area (Å²) in [5, 5.41) is 21.2. The maximum absolute atomic E-state index is 13.2. The van der Waals surface area contributed by atoms with Crippen LogP contribution < -0.4 is 10.1 Å². The van der Waals surface area contributed by atoms with Crippen molar-refractivity contribution in [1.29, 1.82) is 0 Å². The average molecular weight is 574 g/mol. The molecule has 0 unspecified atom stereocenters. The Hall–Kier alpha value is -4.60. The quantitative estimate of drug-likeness (QED) is 0.169. The van der Waals surface area contributed by atoms with Crippen molar-refractivity contribution >= 4 is 28.9 Å². The number of carboxylic acids is 2. The highest BCUT2D eigenvalue weighted by molar-refractivity contribution is 5.99. The van der Waals surface area contributed by atoms with Crippen molar-refractivity contribution in [2.75, 3.05) is 6.61 Å². The average Bonchev–Trinajstić information content (AvgIpc) is 3.65. The summed E-state index contributed by atoms with van der Waals surface area (Å²) in [6.07, 6.45) is 10.4. The number of aliphatic carboxylic acids is 2. The van der Waals surface area contributed by atoms with Crippen molar-refractivity contribution in [1.82, 2.24) is 14.9 Å². The molecule has 2 heterocycles. The summed E-state index contributed by atoms with van der Waals surface area (Å²) in [6.45, 7) is 0.396. The number of rotatable bonds is 13.